The molecule has 0 saturated heterocycles. The average Bonchev–Trinajstić information content (AvgIpc) is 2.78. The minimum absolute atomic E-state index is 0.116. The Bertz CT molecular complexity index is 752. The molecule has 170 valence electrons. The highest BCUT2D eigenvalue weighted by Gasteiger charge is 2.74. The highest BCUT2D eigenvalue weighted by molar-refractivity contribution is 6.22. The van der Waals surface area contributed by atoms with Crippen LogP contribution in [-0.2, 0) is 19.1 Å². The van der Waals surface area contributed by atoms with Gasteiger partial charge in [-0.3, -0.25) is 9.59 Å². The molecule has 4 rings (SSSR count). The Kier molecular flexibility index (Phi) is 5.11. The third-order valence-corrected chi connectivity index (χ3v) is 10.5. The number of halogens is 1. The van der Waals surface area contributed by atoms with Gasteiger partial charge in [-0.2, -0.15) is 0 Å². The summed E-state index contributed by atoms with van der Waals surface area (Å²) in [6, 6.07) is 0. The summed E-state index contributed by atoms with van der Waals surface area (Å²) < 4.78 is 11.8. The molecule has 2 unspecified atom stereocenters. The Hall–Kier alpha value is -0.810. The van der Waals surface area contributed by atoms with E-state index in [1.165, 1.54) is 13.8 Å². The van der Waals surface area contributed by atoms with Gasteiger partial charge in [-0.15, -0.1) is 11.6 Å². The van der Waals surface area contributed by atoms with Crippen molar-refractivity contribution in [3.05, 3.63) is 0 Å². The number of alkyl halides is 1. The van der Waals surface area contributed by atoms with Gasteiger partial charge in [-0.05, 0) is 61.2 Å². The number of esters is 2. The van der Waals surface area contributed by atoms with Gasteiger partial charge in [0.2, 0.25) is 0 Å². The van der Waals surface area contributed by atoms with Gasteiger partial charge < -0.3 is 14.6 Å². The van der Waals surface area contributed by atoms with Crippen molar-refractivity contribution >= 4 is 23.5 Å². The first-order valence-corrected chi connectivity index (χ1v) is 11.9. The normalized spacial score (nSPS) is 51.5. The summed E-state index contributed by atoms with van der Waals surface area (Å²) in [7, 11) is 0. The van der Waals surface area contributed by atoms with E-state index in [4.69, 9.17) is 21.1 Å². The van der Waals surface area contributed by atoms with Crippen molar-refractivity contribution in [1.29, 1.82) is 0 Å². The van der Waals surface area contributed by atoms with Crippen LogP contribution in [0.15, 0.2) is 0 Å². The molecule has 0 radical (unpaired) electrons. The zero-order chi connectivity index (χ0) is 22.3. The van der Waals surface area contributed by atoms with E-state index in [9.17, 15) is 14.7 Å². The topological polar surface area (TPSA) is 72.8 Å². The third-order valence-electron chi connectivity index (χ3n) is 9.80. The van der Waals surface area contributed by atoms with Gasteiger partial charge in [0.15, 0.2) is 0 Å². The van der Waals surface area contributed by atoms with Crippen LogP contribution in [0.5, 0.6) is 0 Å². The lowest BCUT2D eigenvalue weighted by Gasteiger charge is -2.66. The smallest absolute Gasteiger partial charge is 0.302 e. The monoisotopic (exact) mass is 440 g/mol. The zero-order valence-electron chi connectivity index (χ0n) is 19.2. The van der Waals surface area contributed by atoms with Crippen molar-refractivity contribution in [1.82, 2.24) is 0 Å². The molecule has 0 aromatic heterocycles. The second-order valence-electron chi connectivity index (χ2n) is 11.7. The molecule has 4 fully saturated rings. The third kappa shape index (κ3) is 2.83. The van der Waals surface area contributed by atoms with Gasteiger partial charge in [0.1, 0.15) is 12.2 Å². The van der Waals surface area contributed by atoms with Gasteiger partial charge in [-0.25, -0.2) is 0 Å². The maximum absolute atomic E-state index is 12.0. The van der Waals surface area contributed by atoms with E-state index in [0.29, 0.717) is 12.3 Å². The number of hydrogen-bond donors (Lipinski definition) is 1. The van der Waals surface area contributed by atoms with E-state index >= 15 is 0 Å². The molecule has 9 atom stereocenters. The molecule has 0 aromatic rings. The van der Waals surface area contributed by atoms with Crippen molar-refractivity contribution in [3.8, 4) is 0 Å². The van der Waals surface area contributed by atoms with E-state index in [1.54, 1.807) is 0 Å². The minimum Gasteiger partial charge on any atom is -0.462 e. The van der Waals surface area contributed by atoms with E-state index < -0.39 is 16.9 Å². The average molecular weight is 441 g/mol. The van der Waals surface area contributed by atoms with Crippen LogP contribution in [0.2, 0.25) is 0 Å². The number of carbonyl (C=O) groups is 2. The van der Waals surface area contributed by atoms with Crippen molar-refractivity contribution in [2.75, 3.05) is 0 Å². The number of hydrogen-bond acceptors (Lipinski definition) is 5. The summed E-state index contributed by atoms with van der Waals surface area (Å²) in [5.74, 6) is -0.0743. The van der Waals surface area contributed by atoms with E-state index in [0.717, 1.165) is 32.1 Å². The SMILES string of the molecule is CC(=O)O[C@H]1CCC(C)(C)C2CC[C@]34C[C@](C)([C@H](OC(C)=O)CC3[C@@]21C)[C@@H](O)[C@H]4Cl. The molecule has 30 heavy (non-hydrogen) atoms. The summed E-state index contributed by atoms with van der Waals surface area (Å²) in [6.45, 7) is 11.9. The van der Waals surface area contributed by atoms with Crippen molar-refractivity contribution in [3.63, 3.8) is 0 Å². The second-order valence-corrected chi connectivity index (χ2v) is 12.2. The number of aliphatic hydroxyl groups excluding tert-OH is 1. The fraction of sp³-hybridized carbons (Fsp3) is 0.917. The molecule has 4 aliphatic carbocycles. The largest absolute Gasteiger partial charge is 0.462 e. The van der Waals surface area contributed by atoms with E-state index in [1.807, 2.05) is 6.92 Å². The number of rotatable bonds is 2. The predicted octanol–water partition coefficient (Wildman–Crippen LogP) is 4.47. The van der Waals surface area contributed by atoms with Crippen LogP contribution in [0, 0.1) is 33.5 Å². The van der Waals surface area contributed by atoms with Crippen LogP contribution in [0.4, 0.5) is 0 Å². The first-order chi connectivity index (χ1) is 13.8. The molecular formula is C24H37ClO5. The quantitative estimate of drug-likeness (QED) is 0.506. The molecule has 4 aliphatic rings. The molecule has 0 heterocycles. The summed E-state index contributed by atoms with van der Waals surface area (Å²) in [4.78, 5) is 24.0. The molecule has 0 aromatic carbocycles. The minimum atomic E-state index is -0.725. The summed E-state index contributed by atoms with van der Waals surface area (Å²) in [6.07, 6.45) is 3.94. The Morgan fingerprint density at radius 1 is 0.933 bits per heavy atom. The fourth-order valence-electron chi connectivity index (χ4n) is 8.58. The Morgan fingerprint density at radius 2 is 1.53 bits per heavy atom. The van der Waals surface area contributed by atoms with Gasteiger partial charge >= 0.3 is 11.9 Å². The van der Waals surface area contributed by atoms with Crippen molar-refractivity contribution in [2.45, 2.75) is 104 Å². The van der Waals surface area contributed by atoms with Crippen LogP contribution in [-0.4, -0.2) is 40.7 Å². The molecule has 0 amide bonds. The summed E-state index contributed by atoms with van der Waals surface area (Å²) in [5.41, 5.74) is -0.922. The van der Waals surface area contributed by atoms with Gasteiger partial charge in [0.25, 0.3) is 0 Å². The van der Waals surface area contributed by atoms with Crippen molar-refractivity contribution in [2.24, 2.45) is 33.5 Å². The summed E-state index contributed by atoms with van der Waals surface area (Å²) in [5, 5.41) is 10.8. The lowest BCUT2D eigenvalue weighted by atomic mass is 9.39. The van der Waals surface area contributed by atoms with Gasteiger partial charge in [-0.1, -0.05) is 27.7 Å². The first-order valence-electron chi connectivity index (χ1n) is 11.5. The standard InChI is InChI=1S/C24H37ClO5/c1-13(26)29-17-8-9-21(3,4)15-7-10-24-12-22(5,20(28)19(24)25)18(30-14(2)27)11-16(24)23(15,17)6/h15-20,28H,7-12H2,1-6H3/t15?,16?,17-,18+,19+,20-,22+,23+,24-/m0/s1. The molecule has 1 spiro atoms. The first kappa shape index (κ1) is 22.4. The lowest BCUT2D eigenvalue weighted by Crippen LogP contribution is -2.64. The number of ether oxygens (including phenoxy) is 2. The molecule has 2 bridgehead atoms. The van der Waals surface area contributed by atoms with Crippen LogP contribution in [0.25, 0.3) is 0 Å². The van der Waals surface area contributed by atoms with Crippen LogP contribution in [0.3, 0.4) is 0 Å². The van der Waals surface area contributed by atoms with Crippen LogP contribution < -0.4 is 0 Å². The number of carbonyl (C=O) groups excluding carboxylic acids is 2. The molecule has 6 heteroatoms. The van der Waals surface area contributed by atoms with E-state index in [2.05, 4.69) is 20.8 Å². The Labute approximate surface area is 185 Å². The maximum atomic E-state index is 12.0. The van der Waals surface area contributed by atoms with Crippen LogP contribution in [0.1, 0.15) is 80.1 Å². The molecular weight excluding hydrogens is 404 g/mol. The summed E-state index contributed by atoms with van der Waals surface area (Å²) >= 11 is 7.04. The Balaban J connectivity index is 1.84. The van der Waals surface area contributed by atoms with E-state index in [-0.39, 0.29) is 46.3 Å². The molecule has 1 N–H and O–H groups in total. The highest BCUT2D eigenvalue weighted by atomic mass is 35.5. The van der Waals surface area contributed by atoms with Crippen molar-refractivity contribution < 1.29 is 24.2 Å². The molecule has 0 aliphatic heterocycles. The van der Waals surface area contributed by atoms with Gasteiger partial charge in [0, 0.05) is 24.7 Å². The fourth-order valence-corrected chi connectivity index (χ4v) is 9.20. The predicted molar refractivity (Wildman–Crippen MR) is 114 cm³/mol. The zero-order valence-corrected chi connectivity index (χ0v) is 19.9. The van der Waals surface area contributed by atoms with Gasteiger partial charge in [0.05, 0.1) is 11.5 Å². The number of fused-ring (bicyclic) bond motifs is 3. The molecule has 5 nitrogen and oxygen atoms in total. The second kappa shape index (κ2) is 6.84. The lowest BCUT2D eigenvalue weighted by molar-refractivity contribution is -0.228. The number of aliphatic hydroxyl groups is 1. The molecule has 4 saturated carbocycles. The highest BCUT2D eigenvalue weighted by Crippen LogP contribution is 2.75. The Morgan fingerprint density at radius 3 is 2.13 bits per heavy atom. The maximum Gasteiger partial charge on any atom is 0.302 e. The van der Waals surface area contributed by atoms with Crippen LogP contribution >= 0.6 is 11.6 Å².